The molecule has 1 aliphatic rings. The number of nitrogens with zero attached hydrogens (tertiary/aromatic N) is 3. The molecular weight excluding hydrogens is 364 g/mol. The summed E-state index contributed by atoms with van der Waals surface area (Å²) >= 11 is 1.81. The summed E-state index contributed by atoms with van der Waals surface area (Å²) in [5.74, 6) is 2.61. The van der Waals surface area contributed by atoms with Gasteiger partial charge in [0, 0.05) is 23.5 Å². The number of benzene rings is 1. The van der Waals surface area contributed by atoms with E-state index in [2.05, 4.69) is 75.2 Å². The number of aryl methyl sites for hydroxylation is 1. The molecule has 28 heavy (non-hydrogen) atoms. The molecule has 1 N–H and O–H groups in total. The molecule has 1 fully saturated rings. The summed E-state index contributed by atoms with van der Waals surface area (Å²) in [6.45, 7) is 13.1. The Morgan fingerprint density at radius 2 is 1.75 bits per heavy atom. The van der Waals surface area contributed by atoms with Crippen LogP contribution in [0.5, 0.6) is 0 Å². The standard InChI is InChI=1S/C23H30N4S/c1-15-6-8-17(9-7-15)19-14-18-20(28-19)21(27-12-10-16(2)11-13-27)25-22(24-18)26-23(3,4)5/h6-9,14,16H,10-13H2,1-5H3,(H,24,25,26). The van der Waals surface area contributed by atoms with Crippen LogP contribution in [-0.4, -0.2) is 28.6 Å². The Balaban J connectivity index is 1.80. The fraction of sp³-hybridized carbons (Fsp3) is 0.478. The topological polar surface area (TPSA) is 41.1 Å². The number of anilines is 2. The molecule has 1 aliphatic heterocycles. The Bertz CT molecular complexity index is 961. The summed E-state index contributed by atoms with van der Waals surface area (Å²) < 4.78 is 1.20. The molecule has 0 spiro atoms. The van der Waals surface area contributed by atoms with Gasteiger partial charge in [-0.2, -0.15) is 4.98 Å². The fourth-order valence-corrected chi connectivity index (χ4v) is 4.72. The molecule has 0 aliphatic carbocycles. The lowest BCUT2D eigenvalue weighted by Crippen LogP contribution is -2.34. The summed E-state index contributed by atoms with van der Waals surface area (Å²) in [5.41, 5.74) is 3.49. The number of fused-ring (bicyclic) bond motifs is 1. The molecule has 1 saturated heterocycles. The first-order valence-corrected chi connectivity index (χ1v) is 11.0. The van der Waals surface area contributed by atoms with E-state index in [-0.39, 0.29) is 5.54 Å². The van der Waals surface area contributed by atoms with Crippen molar-refractivity contribution in [3.05, 3.63) is 35.9 Å². The van der Waals surface area contributed by atoms with Crippen LogP contribution < -0.4 is 10.2 Å². The zero-order valence-corrected chi connectivity index (χ0v) is 18.4. The third kappa shape index (κ3) is 4.14. The van der Waals surface area contributed by atoms with Crippen molar-refractivity contribution in [1.82, 2.24) is 9.97 Å². The van der Waals surface area contributed by atoms with E-state index in [1.807, 2.05) is 11.3 Å². The van der Waals surface area contributed by atoms with Crippen molar-refractivity contribution in [2.24, 2.45) is 5.92 Å². The minimum Gasteiger partial charge on any atom is -0.355 e. The van der Waals surface area contributed by atoms with Crippen molar-refractivity contribution in [2.75, 3.05) is 23.3 Å². The van der Waals surface area contributed by atoms with Crippen molar-refractivity contribution in [2.45, 2.75) is 53.0 Å². The number of aromatic nitrogens is 2. The van der Waals surface area contributed by atoms with Crippen LogP contribution in [0.2, 0.25) is 0 Å². The van der Waals surface area contributed by atoms with Crippen molar-refractivity contribution >= 4 is 33.3 Å². The highest BCUT2D eigenvalue weighted by molar-refractivity contribution is 7.22. The Hall–Kier alpha value is -2.14. The van der Waals surface area contributed by atoms with Gasteiger partial charge in [-0.15, -0.1) is 11.3 Å². The maximum atomic E-state index is 4.97. The number of hydrogen-bond donors (Lipinski definition) is 1. The maximum Gasteiger partial charge on any atom is 0.225 e. The van der Waals surface area contributed by atoms with E-state index in [1.54, 1.807) is 0 Å². The van der Waals surface area contributed by atoms with E-state index in [0.29, 0.717) is 0 Å². The molecular formula is C23H30N4S. The second-order valence-corrected chi connectivity index (χ2v) is 10.2. The molecule has 148 valence electrons. The van der Waals surface area contributed by atoms with Crippen LogP contribution in [-0.2, 0) is 0 Å². The smallest absolute Gasteiger partial charge is 0.225 e. The monoisotopic (exact) mass is 394 g/mol. The number of piperidine rings is 1. The molecule has 0 atom stereocenters. The predicted molar refractivity (Wildman–Crippen MR) is 122 cm³/mol. The average molecular weight is 395 g/mol. The Labute approximate surface area is 172 Å². The van der Waals surface area contributed by atoms with Crippen LogP contribution in [0.4, 0.5) is 11.8 Å². The highest BCUT2D eigenvalue weighted by Crippen LogP contribution is 2.39. The molecule has 0 unspecified atom stereocenters. The predicted octanol–water partition coefficient (Wildman–Crippen LogP) is 6.11. The summed E-state index contributed by atoms with van der Waals surface area (Å²) in [4.78, 5) is 13.5. The molecule has 0 saturated carbocycles. The zero-order chi connectivity index (χ0) is 19.9. The molecule has 0 radical (unpaired) electrons. The molecule has 4 rings (SSSR count). The van der Waals surface area contributed by atoms with Gasteiger partial charge < -0.3 is 10.2 Å². The first kappa shape index (κ1) is 19.2. The molecule has 1 aromatic carbocycles. The minimum absolute atomic E-state index is 0.0723. The SMILES string of the molecule is Cc1ccc(-c2cc3nc(NC(C)(C)C)nc(N4CCC(C)CC4)c3s2)cc1. The van der Waals surface area contributed by atoms with Gasteiger partial charge in [0.05, 0.1) is 10.2 Å². The molecule has 4 nitrogen and oxygen atoms in total. The number of thiophene rings is 1. The van der Waals surface area contributed by atoms with E-state index in [4.69, 9.17) is 9.97 Å². The van der Waals surface area contributed by atoms with Crippen LogP contribution >= 0.6 is 11.3 Å². The summed E-state index contributed by atoms with van der Waals surface area (Å²) in [7, 11) is 0. The van der Waals surface area contributed by atoms with E-state index in [9.17, 15) is 0 Å². The molecule has 3 heterocycles. The van der Waals surface area contributed by atoms with Crippen LogP contribution in [0.15, 0.2) is 30.3 Å². The summed E-state index contributed by atoms with van der Waals surface area (Å²) in [5, 5.41) is 3.47. The van der Waals surface area contributed by atoms with Crippen molar-refractivity contribution in [3.8, 4) is 10.4 Å². The van der Waals surface area contributed by atoms with Crippen LogP contribution in [0, 0.1) is 12.8 Å². The lowest BCUT2D eigenvalue weighted by Gasteiger charge is -2.32. The van der Waals surface area contributed by atoms with Gasteiger partial charge >= 0.3 is 0 Å². The second kappa shape index (κ2) is 7.36. The first-order valence-electron chi connectivity index (χ1n) is 10.2. The van der Waals surface area contributed by atoms with Crippen molar-refractivity contribution in [1.29, 1.82) is 0 Å². The van der Waals surface area contributed by atoms with Crippen LogP contribution in [0.3, 0.4) is 0 Å². The zero-order valence-electron chi connectivity index (χ0n) is 17.5. The minimum atomic E-state index is -0.0723. The number of nitrogens with one attached hydrogen (secondary N) is 1. The van der Waals surface area contributed by atoms with Gasteiger partial charge in [-0.1, -0.05) is 36.8 Å². The maximum absolute atomic E-state index is 4.97. The van der Waals surface area contributed by atoms with Crippen LogP contribution in [0.25, 0.3) is 20.7 Å². The Kier molecular flexibility index (Phi) is 5.04. The van der Waals surface area contributed by atoms with Gasteiger partial charge in [-0.25, -0.2) is 4.98 Å². The van der Waals surface area contributed by atoms with E-state index < -0.39 is 0 Å². The van der Waals surface area contributed by atoms with Crippen molar-refractivity contribution in [3.63, 3.8) is 0 Å². The van der Waals surface area contributed by atoms with Gasteiger partial charge in [0.1, 0.15) is 0 Å². The molecule has 5 heteroatoms. The summed E-state index contributed by atoms with van der Waals surface area (Å²) in [6.07, 6.45) is 2.45. The van der Waals surface area contributed by atoms with Gasteiger partial charge in [0.25, 0.3) is 0 Å². The molecule has 2 aromatic heterocycles. The summed E-state index contributed by atoms with van der Waals surface area (Å²) in [6, 6.07) is 11.0. The highest BCUT2D eigenvalue weighted by atomic mass is 32.1. The fourth-order valence-electron chi connectivity index (χ4n) is 3.60. The largest absolute Gasteiger partial charge is 0.355 e. The lowest BCUT2D eigenvalue weighted by atomic mass is 9.99. The highest BCUT2D eigenvalue weighted by Gasteiger charge is 2.23. The Morgan fingerprint density at radius 1 is 1.07 bits per heavy atom. The van der Waals surface area contributed by atoms with E-state index >= 15 is 0 Å². The van der Waals surface area contributed by atoms with Gasteiger partial charge in [-0.3, -0.25) is 0 Å². The van der Waals surface area contributed by atoms with E-state index in [1.165, 1.54) is 33.5 Å². The quantitative estimate of drug-likeness (QED) is 0.581. The molecule has 0 amide bonds. The molecule has 3 aromatic rings. The third-order valence-electron chi connectivity index (χ3n) is 5.26. The number of hydrogen-bond acceptors (Lipinski definition) is 5. The van der Waals surface area contributed by atoms with Crippen LogP contribution in [0.1, 0.15) is 46.1 Å². The normalized spacial score (nSPS) is 16.0. The lowest BCUT2D eigenvalue weighted by molar-refractivity contribution is 0.437. The average Bonchev–Trinajstić information content (AvgIpc) is 3.05. The second-order valence-electron chi connectivity index (χ2n) is 9.11. The van der Waals surface area contributed by atoms with Gasteiger partial charge in [0.15, 0.2) is 5.82 Å². The van der Waals surface area contributed by atoms with Crippen molar-refractivity contribution < 1.29 is 0 Å². The van der Waals surface area contributed by atoms with Gasteiger partial charge in [-0.05, 0) is 58.1 Å². The third-order valence-corrected chi connectivity index (χ3v) is 6.43. The molecule has 0 bridgehead atoms. The number of rotatable bonds is 3. The van der Waals surface area contributed by atoms with Gasteiger partial charge in [0.2, 0.25) is 5.95 Å². The van der Waals surface area contributed by atoms with E-state index in [0.717, 1.165) is 36.3 Å². The Morgan fingerprint density at radius 3 is 2.39 bits per heavy atom. The first-order chi connectivity index (χ1) is 13.3.